The molecule has 0 bridgehead atoms. The molecular formula is C8H15NO5. The quantitative estimate of drug-likeness (QED) is 0.403. The third-order valence-corrected chi connectivity index (χ3v) is 2.20. The van der Waals surface area contributed by atoms with Crippen molar-refractivity contribution in [1.82, 2.24) is 5.32 Å². The maximum atomic E-state index is 10.7. The second-order valence-electron chi connectivity index (χ2n) is 3.34. The topological polar surface area (TPSA) is 99.0 Å². The van der Waals surface area contributed by atoms with E-state index in [9.17, 15) is 15.0 Å². The Morgan fingerprint density at radius 1 is 1.50 bits per heavy atom. The van der Waals surface area contributed by atoms with E-state index in [-0.39, 0.29) is 19.1 Å². The Labute approximate surface area is 81.5 Å². The Morgan fingerprint density at radius 3 is 2.64 bits per heavy atom. The Balaban J connectivity index is 2.54. The smallest absolute Gasteiger partial charge is 0.217 e. The number of nitrogens with one attached hydrogen (secondary N) is 1. The SMILES string of the molecule is CC(=O)NC1COC(CO)[C@@H](O)C1O. The van der Waals surface area contributed by atoms with Crippen LogP contribution in [-0.2, 0) is 9.53 Å². The van der Waals surface area contributed by atoms with Gasteiger partial charge in [0.2, 0.25) is 5.91 Å². The van der Waals surface area contributed by atoms with Crippen LogP contribution in [0.25, 0.3) is 0 Å². The van der Waals surface area contributed by atoms with Gasteiger partial charge in [-0.1, -0.05) is 0 Å². The van der Waals surface area contributed by atoms with Crippen molar-refractivity contribution in [3.8, 4) is 0 Å². The molecule has 6 nitrogen and oxygen atoms in total. The molecule has 3 unspecified atom stereocenters. The fourth-order valence-corrected chi connectivity index (χ4v) is 1.43. The molecule has 1 aliphatic rings. The highest BCUT2D eigenvalue weighted by Crippen LogP contribution is 2.14. The number of ether oxygens (including phenoxy) is 1. The van der Waals surface area contributed by atoms with Crippen LogP contribution in [0.5, 0.6) is 0 Å². The zero-order chi connectivity index (χ0) is 10.7. The van der Waals surface area contributed by atoms with Crippen molar-refractivity contribution in [1.29, 1.82) is 0 Å². The molecule has 0 aliphatic carbocycles. The van der Waals surface area contributed by atoms with E-state index in [1.165, 1.54) is 6.92 Å². The van der Waals surface area contributed by atoms with E-state index in [4.69, 9.17) is 9.84 Å². The summed E-state index contributed by atoms with van der Waals surface area (Å²) in [7, 11) is 0. The van der Waals surface area contributed by atoms with Gasteiger partial charge in [-0.3, -0.25) is 4.79 Å². The molecular weight excluding hydrogens is 190 g/mol. The Kier molecular flexibility index (Phi) is 3.82. The zero-order valence-corrected chi connectivity index (χ0v) is 7.88. The molecule has 4 N–H and O–H groups in total. The van der Waals surface area contributed by atoms with Crippen molar-refractivity contribution in [2.45, 2.75) is 31.3 Å². The van der Waals surface area contributed by atoms with Crippen molar-refractivity contribution in [3.05, 3.63) is 0 Å². The Morgan fingerprint density at radius 2 is 2.14 bits per heavy atom. The van der Waals surface area contributed by atoms with E-state index in [1.807, 2.05) is 0 Å². The van der Waals surface area contributed by atoms with Crippen LogP contribution in [0.15, 0.2) is 0 Å². The first-order valence-electron chi connectivity index (χ1n) is 4.42. The number of aliphatic hydroxyl groups excluding tert-OH is 3. The third kappa shape index (κ3) is 2.42. The largest absolute Gasteiger partial charge is 0.394 e. The van der Waals surface area contributed by atoms with Crippen LogP contribution in [-0.4, -0.2) is 58.8 Å². The highest BCUT2D eigenvalue weighted by atomic mass is 16.5. The highest BCUT2D eigenvalue weighted by molar-refractivity contribution is 5.73. The minimum atomic E-state index is -1.18. The van der Waals surface area contributed by atoms with Gasteiger partial charge in [-0.2, -0.15) is 0 Å². The number of aliphatic hydroxyl groups is 3. The molecule has 1 rings (SSSR count). The Bertz CT molecular complexity index is 210. The summed E-state index contributed by atoms with van der Waals surface area (Å²) in [5, 5.41) is 30.2. The fourth-order valence-electron chi connectivity index (χ4n) is 1.43. The molecule has 6 heteroatoms. The van der Waals surface area contributed by atoms with Gasteiger partial charge < -0.3 is 25.4 Å². The van der Waals surface area contributed by atoms with E-state index in [2.05, 4.69) is 5.32 Å². The molecule has 14 heavy (non-hydrogen) atoms. The molecule has 0 aromatic heterocycles. The van der Waals surface area contributed by atoms with E-state index in [0.717, 1.165) is 0 Å². The summed E-state index contributed by atoms with van der Waals surface area (Å²) >= 11 is 0. The van der Waals surface area contributed by atoms with Crippen LogP contribution in [0, 0.1) is 0 Å². The lowest BCUT2D eigenvalue weighted by molar-refractivity contribution is -0.164. The second-order valence-corrected chi connectivity index (χ2v) is 3.34. The lowest BCUT2D eigenvalue weighted by Gasteiger charge is -2.36. The number of amides is 1. The summed E-state index contributed by atoms with van der Waals surface area (Å²) in [5.41, 5.74) is 0. The maximum absolute atomic E-state index is 10.7. The highest BCUT2D eigenvalue weighted by Gasteiger charge is 2.38. The first-order chi connectivity index (χ1) is 6.56. The normalized spacial score (nSPS) is 38.0. The lowest BCUT2D eigenvalue weighted by atomic mass is 9.98. The van der Waals surface area contributed by atoms with Crippen LogP contribution < -0.4 is 5.32 Å². The van der Waals surface area contributed by atoms with E-state index >= 15 is 0 Å². The van der Waals surface area contributed by atoms with Crippen LogP contribution >= 0.6 is 0 Å². The number of rotatable bonds is 2. The van der Waals surface area contributed by atoms with Crippen molar-refractivity contribution >= 4 is 5.91 Å². The first-order valence-corrected chi connectivity index (χ1v) is 4.42. The van der Waals surface area contributed by atoms with Gasteiger partial charge in [-0.25, -0.2) is 0 Å². The van der Waals surface area contributed by atoms with Gasteiger partial charge in [0, 0.05) is 6.92 Å². The van der Waals surface area contributed by atoms with Crippen molar-refractivity contribution in [2.75, 3.05) is 13.2 Å². The van der Waals surface area contributed by atoms with E-state index in [1.54, 1.807) is 0 Å². The van der Waals surface area contributed by atoms with Gasteiger partial charge in [0.15, 0.2) is 0 Å². The van der Waals surface area contributed by atoms with Crippen LogP contribution in [0.3, 0.4) is 0 Å². The molecule has 1 saturated heterocycles. The van der Waals surface area contributed by atoms with Gasteiger partial charge in [0.05, 0.1) is 19.3 Å². The van der Waals surface area contributed by atoms with Gasteiger partial charge in [-0.15, -0.1) is 0 Å². The minimum absolute atomic E-state index is 0.0863. The summed E-state index contributed by atoms with van der Waals surface area (Å²) < 4.78 is 5.05. The zero-order valence-electron chi connectivity index (χ0n) is 7.88. The van der Waals surface area contributed by atoms with Crippen LogP contribution in [0.1, 0.15) is 6.92 Å². The number of hydrogen-bond acceptors (Lipinski definition) is 5. The molecule has 82 valence electrons. The number of hydrogen-bond donors (Lipinski definition) is 4. The molecule has 0 saturated carbocycles. The van der Waals surface area contributed by atoms with E-state index in [0.29, 0.717) is 0 Å². The van der Waals surface area contributed by atoms with Crippen LogP contribution in [0.4, 0.5) is 0 Å². The van der Waals surface area contributed by atoms with Crippen molar-refractivity contribution in [2.24, 2.45) is 0 Å². The number of carbonyl (C=O) groups is 1. The molecule has 1 heterocycles. The molecule has 4 atom stereocenters. The predicted octanol–water partition coefficient (Wildman–Crippen LogP) is -2.40. The summed E-state index contributed by atoms with van der Waals surface area (Å²) in [6.07, 6.45) is -3.06. The van der Waals surface area contributed by atoms with Crippen molar-refractivity contribution < 1.29 is 24.9 Å². The predicted molar refractivity (Wildman–Crippen MR) is 46.4 cm³/mol. The van der Waals surface area contributed by atoms with Gasteiger partial charge in [-0.05, 0) is 0 Å². The second kappa shape index (κ2) is 4.70. The summed E-state index contributed by atoms with van der Waals surface area (Å²) in [5.74, 6) is -0.299. The van der Waals surface area contributed by atoms with Gasteiger partial charge in [0.25, 0.3) is 0 Å². The Hall–Kier alpha value is -0.690. The van der Waals surface area contributed by atoms with Gasteiger partial charge in [0.1, 0.15) is 18.3 Å². The third-order valence-electron chi connectivity index (χ3n) is 2.20. The summed E-state index contributed by atoms with van der Waals surface area (Å²) in [6.45, 7) is 1.05. The molecule has 1 fully saturated rings. The maximum Gasteiger partial charge on any atom is 0.217 e. The molecule has 0 aromatic rings. The molecule has 0 spiro atoms. The van der Waals surface area contributed by atoms with Crippen LogP contribution in [0.2, 0.25) is 0 Å². The standard InChI is InChI=1S/C8H15NO5/c1-4(11)9-5-3-14-6(2-10)8(13)7(5)12/h5-8,10,12-13H,2-3H2,1H3,(H,9,11)/t5?,6?,7?,8-/m1/s1. The average molecular weight is 205 g/mol. The minimum Gasteiger partial charge on any atom is -0.394 e. The van der Waals surface area contributed by atoms with Crippen molar-refractivity contribution in [3.63, 3.8) is 0 Å². The molecule has 1 aliphatic heterocycles. The molecule has 1 amide bonds. The monoisotopic (exact) mass is 205 g/mol. The first kappa shape index (κ1) is 11.4. The average Bonchev–Trinajstić information content (AvgIpc) is 2.13. The molecule has 0 radical (unpaired) electrons. The van der Waals surface area contributed by atoms with E-state index < -0.39 is 24.4 Å². The molecule has 0 aromatic carbocycles. The summed E-state index contributed by atoms with van der Waals surface area (Å²) in [4.78, 5) is 10.7. The summed E-state index contributed by atoms with van der Waals surface area (Å²) in [6, 6.07) is -0.620. The number of carbonyl (C=O) groups excluding carboxylic acids is 1. The fraction of sp³-hybridized carbons (Fsp3) is 0.875. The van der Waals surface area contributed by atoms with Gasteiger partial charge >= 0.3 is 0 Å². The lowest BCUT2D eigenvalue weighted by Crippen LogP contribution is -2.59.